The molecule has 9 nitrogen and oxygen atoms in total. The van der Waals surface area contributed by atoms with Gasteiger partial charge in [0.15, 0.2) is 0 Å². The van der Waals surface area contributed by atoms with Gasteiger partial charge < -0.3 is 15.0 Å². The minimum atomic E-state index is -0.641. The summed E-state index contributed by atoms with van der Waals surface area (Å²) in [6.07, 6.45) is 7.43. The topological polar surface area (TPSA) is 118 Å². The second-order valence-corrected chi connectivity index (χ2v) is 13.0. The van der Waals surface area contributed by atoms with Gasteiger partial charge in [-0.05, 0) is 74.8 Å². The molecule has 1 aromatic heterocycles. The van der Waals surface area contributed by atoms with Crippen molar-refractivity contribution in [3.63, 3.8) is 0 Å². The summed E-state index contributed by atoms with van der Waals surface area (Å²) in [6, 6.07) is 4.87. The number of imide groups is 1. The van der Waals surface area contributed by atoms with Crippen LogP contribution < -0.4 is 10.6 Å². The molecule has 4 bridgehead atoms. The van der Waals surface area contributed by atoms with Gasteiger partial charge in [0.25, 0.3) is 5.91 Å². The van der Waals surface area contributed by atoms with E-state index in [0.717, 1.165) is 41.2 Å². The fourth-order valence-corrected chi connectivity index (χ4v) is 8.78. The van der Waals surface area contributed by atoms with Crippen molar-refractivity contribution in [3.05, 3.63) is 45.4 Å². The van der Waals surface area contributed by atoms with Crippen LogP contribution >= 0.6 is 11.3 Å². The summed E-state index contributed by atoms with van der Waals surface area (Å²) in [6.45, 7) is 0.982. The molecule has 2 aliphatic heterocycles. The number of carbonyl (C=O) groups excluding carboxylic acids is 4. The van der Waals surface area contributed by atoms with E-state index in [2.05, 4.69) is 15.6 Å². The number of amides is 3. The zero-order valence-corrected chi connectivity index (χ0v) is 22.6. The molecule has 1 atom stereocenters. The van der Waals surface area contributed by atoms with Crippen molar-refractivity contribution in [1.82, 2.24) is 15.2 Å². The maximum Gasteiger partial charge on any atom is 0.312 e. The van der Waals surface area contributed by atoms with Gasteiger partial charge in [-0.25, -0.2) is 4.98 Å². The molecule has 5 fully saturated rings. The number of carbonyl (C=O) groups is 4. The SMILES string of the molecule is O=C1CCC(N2Cc3c(NCc4csc(COC(=O)C56CC7CC(CC(C7)C5)C6)n4)cccc3C2=O)C(=O)N1. The monoisotopic (exact) mass is 548 g/mol. The molecule has 3 amide bonds. The molecular formula is C29H32N4O5S. The average molecular weight is 549 g/mol. The summed E-state index contributed by atoms with van der Waals surface area (Å²) in [5, 5.41) is 8.48. The summed E-state index contributed by atoms with van der Waals surface area (Å²) in [5.41, 5.74) is 2.80. The fraction of sp³-hybridized carbons (Fsp3) is 0.552. The van der Waals surface area contributed by atoms with E-state index in [4.69, 9.17) is 4.74 Å². The molecule has 4 aliphatic carbocycles. The number of fused-ring (bicyclic) bond motifs is 1. The van der Waals surface area contributed by atoms with E-state index in [-0.39, 0.29) is 36.2 Å². The summed E-state index contributed by atoms with van der Waals surface area (Å²) < 4.78 is 5.84. The van der Waals surface area contributed by atoms with Crippen LogP contribution in [-0.2, 0) is 38.8 Å². The van der Waals surface area contributed by atoms with Crippen LogP contribution in [0.4, 0.5) is 5.69 Å². The quantitative estimate of drug-likeness (QED) is 0.399. The van der Waals surface area contributed by atoms with Gasteiger partial charge in [0.05, 0.1) is 17.7 Å². The molecule has 4 saturated carbocycles. The third kappa shape index (κ3) is 4.42. The third-order valence-corrected chi connectivity index (χ3v) is 10.3. The summed E-state index contributed by atoms with van der Waals surface area (Å²) in [5.74, 6) is 1.17. The number of piperidine rings is 1. The number of benzene rings is 1. The number of nitrogens with zero attached hydrogens (tertiary/aromatic N) is 2. The molecule has 0 spiro atoms. The molecule has 1 unspecified atom stereocenters. The maximum atomic E-state index is 13.2. The predicted octanol–water partition coefficient (Wildman–Crippen LogP) is 3.78. The van der Waals surface area contributed by atoms with E-state index in [0.29, 0.717) is 42.8 Å². The molecule has 0 radical (unpaired) electrons. The number of aromatic nitrogens is 1. The maximum absolute atomic E-state index is 13.2. The van der Waals surface area contributed by atoms with E-state index >= 15 is 0 Å². The normalized spacial score (nSPS) is 30.9. The highest BCUT2D eigenvalue weighted by Gasteiger charge is 2.55. The Morgan fingerprint density at radius 2 is 1.87 bits per heavy atom. The number of hydrogen-bond acceptors (Lipinski definition) is 8. The van der Waals surface area contributed by atoms with Crippen molar-refractivity contribution in [1.29, 1.82) is 0 Å². The number of esters is 1. The van der Waals surface area contributed by atoms with Crippen molar-refractivity contribution in [2.45, 2.75) is 77.1 Å². The Morgan fingerprint density at radius 1 is 1.13 bits per heavy atom. The van der Waals surface area contributed by atoms with Crippen LogP contribution in [0.1, 0.15) is 78.0 Å². The average Bonchev–Trinajstić information content (AvgIpc) is 3.50. The Balaban J connectivity index is 0.966. The van der Waals surface area contributed by atoms with Crippen LogP contribution in [0.2, 0.25) is 0 Å². The molecule has 6 aliphatic rings. The molecule has 2 N–H and O–H groups in total. The molecule has 8 rings (SSSR count). The first-order valence-electron chi connectivity index (χ1n) is 14.0. The molecule has 2 aromatic rings. The van der Waals surface area contributed by atoms with Gasteiger partial charge in [-0.2, -0.15) is 0 Å². The lowest BCUT2D eigenvalue weighted by molar-refractivity contribution is -0.173. The number of thiazole rings is 1. The summed E-state index contributed by atoms with van der Waals surface area (Å²) in [7, 11) is 0. The molecular weight excluding hydrogens is 516 g/mol. The van der Waals surface area contributed by atoms with Gasteiger partial charge >= 0.3 is 5.97 Å². The standard InChI is InChI=1S/C29H32N4O5S/c34-24-5-4-23(26(35)32-24)33-13-21-20(27(33)36)2-1-3-22(21)30-12-19-15-39-25(31-19)14-38-28(37)29-9-16-6-17(10-29)8-18(7-16)11-29/h1-3,15-18,23,30H,4-14H2,(H,32,34,35). The lowest BCUT2D eigenvalue weighted by Gasteiger charge is -2.55. The lowest BCUT2D eigenvalue weighted by atomic mass is 9.49. The first-order valence-corrected chi connectivity index (χ1v) is 14.9. The highest BCUT2D eigenvalue weighted by molar-refractivity contribution is 7.09. The zero-order valence-electron chi connectivity index (χ0n) is 21.7. The van der Waals surface area contributed by atoms with Crippen LogP contribution in [0, 0.1) is 23.2 Å². The van der Waals surface area contributed by atoms with Crippen molar-refractivity contribution in [3.8, 4) is 0 Å². The van der Waals surface area contributed by atoms with E-state index in [1.54, 1.807) is 11.0 Å². The highest BCUT2D eigenvalue weighted by atomic mass is 32.1. The summed E-state index contributed by atoms with van der Waals surface area (Å²) in [4.78, 5) is 56.4. The van der Waals surface area contributed by atoms with E-state index < -0.39 is 11.9 Å². The number of nitrogens with one attached hydrogen (secondary N) is 2. The van der Waals surface area contributed by atoms with Crippen LogP contribution in [0.5, 0.6) is 0 Å². The van der Waals surface area contributed by atoms with Gasteiger partial charge in [-0.3, -0.25) is 24.5 Å². The molecule has 204 valence electrons. The van der Waals surface area contributed by atoms with Crippen molar-refractivity contribution >= 4 is 40.7 Å². The molecule has 1 saturated heterocycles. The molecule has 39 heavy (non-hydrogen) atoms. The van der Waals surface area contributed by atoms with Crippen LogP contribution in [0.3, 0.4) is 0 Å². The van der Waals surface area contributed by atoms with E-state index in [1.165, 1.54) is 30.6 Å². The number of hydrogen-bond donors (Lipinski definition) is 2. The predicted molar refractivity (Wildman–Crippen MR) is 142 cm³/mol. The van der Waals surface area contributed by atoms with E-state index in [1.807, 2.05) is 17.5 Å². The Kier molecular flexibility index (Phi) is 5.98. The van der Waals surface area contributed by atoms with Crippen LogP contribution in [0.25, 0.3) is 0 Å². The van der Waals surface area contributed by atoms with Gasteiger partial charge in [0.2, 0.25) is 11.8 Å². The molecule has 10 heteroatoms. The van der Waals surface area contributed by atoms with Gasteiger partial charge in [-0.1, -0.05) is 6.07 Å². The smallest absolute Gasteiger partial charge is 0.312 e. The number of rotatable bonds is 7. The highest BCUT2D eigenvalue weighted by Crippen LogP contribution is 2.60. The Morgan fingerprint density at radius 3 is 2.59 bits per heavy atom. The minimum Gasteiger partial charge on any atom is -0.458 e. The largest absolute Gasteiger partial charge is 0.458 e. The third-order valence-electron chi connectivity index (χ3n) is 9.44. The van der Waals surface area contributed by atoms with Crippen molar-refractivity contribution in [2.75, 3.05) is 5.32 Å². The Labute approximate surface area is 230 Å². The lowest BCUT2D eigenvalue weighted by Crippen LogP contribution is -2.52. The van der Waals surface area contributed by atoms with Crippen molar-refractivity contribution < 1.29 is 23.9 Å². The van der Waals surface area contributed by atoms with E-state index in [9.17, 15) is 19.2 Å². The number of ether oxygens (including phenoxy) is 1. The molecule has 3 heterocycles. The first-order chi connectivity index (χ1) is 18.9. The second kappa shape index (κ2) is 9.43. The van der Waals surface area contributed by atoms with Crippen LogP contribution in [0.15, 0.2) is 23.6 Å². The minimum absolute atomic E-state index is 0.0263. The Bertz CT molecular complexity index is 1330. The van der Waals surface area contributed by atoms with Gasteiger partial charge in [0.1, 0.15) is 17.7 Å². The van der Waals surface area contributed by atoms with Crippen LogP contribution in [-0.4, -0.2) is 39.6 Å². The number of anilines is 1. The van der Waals surface area contributed by atoms with Gasteiger partial charge in [-0.15, -0.1) is 11.3 Å². The first kappa shape index (κ1) is 24.7. The fourth-order valence-electron chi connectivity index (χ4n) is 8.07. The zero-order chi connectivity index (χ0) is 26.7. The van der Waals surface area contributed by atoms with Crippen molar-refractivity contribution in [2.24, 2.45) is 23.2 Å². The molecule has 1 aromatic carbocycles. The van der Waals surface area contributed by atoms with Gasteiger partial charge in [0, 0.05) is 35.2 Å². The summed E-state index contributed by atoms with van der Waals surface area (Å²) >= 11 is 1.49. The Hall–Kier alpha value is -3.27. The second-order valence-electron chi connectivity index (χ2n) is 12.1.